The maximum Gasteiger partial charge on any atom is 0.216 e. The summed E-state index contributed by atoms with van der Waals surface area (Å²) in [6.45, 7) is 14.1. The van der Waals surface area contributed by atoms with Crippen LogP contribution < -0.4 is 0 Å². The molecular formula is C15H26O3. The molecular weight excluding hydrogens is 228 g/mol. The van der Waals surface area contributed by atoms with Gasteiger partial charge in [-0.1, -0.05) is 46.4 Å². The van der Waals surface area contributed by atoms with Crippen molar-refractivity contribution >= 4 is 0 Å². The molecule has 0 amide bonds. The fraction of sp³-hybridized carbons (Fsp3) is 0.733. The molecule has 1 unspecified atom stereocenters. The Balaban J connectivity index is 2.69. The number of hydrogen-bond donors (Lipinski definition) is 1. The number of hydrogen-bond acceptors (Lipinski definition) is 3. The lowest BCUT2D eigenvalue weighted by Gasteiger charge is -2.38. The van der Waals surface area contributed by atoms with Gasteiger partial charge >= 0.3 is 0 Å². The zero-order chi connectivity index (χ0) is 13.7. The van der Waals surface area contributed by atoms with Gasteiger partial charge in [0.25, 0.3) is 0 Å². The lowest BCUT2D eigenvalue weighted by molar-refractivity contribution is -0.345. The van der Waals surface area contributed by atoms with E-state index in [1.807, 2.05) is 0 Å². The zero-order valence-electron chi connectivity index (χ0n) is 11.8. The summed E-state index contributed by atoms with van der Waals surface area (Å²) in [6.07, 6.45) is 4.30. The van der Waals surface area contributed by atoms with Crippen LogP contribution in [0.1, 0.15) is 40.0 Å². The third kappa shape index (κ3) is 3.94. The fourth-order valence-corrected chi connectivity index (χ4v) is 2.71. The van der Waals surface area contributed by atoms with Crippen LogP contribution in [0.15, 0.2) is 24.8 Å². The van der Waals surface area contributed by atoms with Gasteiger partial charge in [-0.05, 0) is 30.6 Å². The summed E-state index contributed by atoms with van der Waals surface area (Å²) in [5.41, 5.74) is 0.554. The second kappa shape index (κ2) is 7.07. The normalized spacial score (nSPS) is 30.2. The summed E-state index contributed by atoms with van der Waals surface area (Å²) in [4.78, 5) is 4.38. The molecule has 1 fully saturated rings. The minimum absolute atomic E-state index is 0.114. The Morgan fingerprint density at radius 1 is 1.39 bits per heavy atom. The summed E-state index contributed by atoms with van der Waals surface area (Å²) < 4.78 is 5.89. The van der Waals surface area contributed by atoms with Crippen molar-refractivity contribution < 1.29 is 14.9 Å². The Bertz CT molecular complexity index is 285. The second-order valence-corrected chi connectivity index (χ2v) is 5.72. The highest BCUT2D eigenvalue weighted by Gasteiger charge is 2.33. The van der Waals surface area contributed by atoms with Crippen LogP contribution in [-0.2, 0) is 9.62 Å². The Labute approximate surface area is 110 Å². The molecule has 0 heterocycles. The van der Waals surface area contributed by atoms with Crippen molar-refractivity contribution in [3.63, 3.8) is 0 Å². The van der Waals surface area contributed by atoms with Crippen molar-refractivity contribution in [2.75, 3.05) is 0 Å². The van der Waals surface area contributed by atoms with E-state index in [1.54, 1.807) is 6.08 Å². The van der Waals surface area contributed by atoms with Gasteiger partial charge in [-0.15, -0.1) is 0 Å². The van der Waals surface area contributed by atoms with Gasteiger partial charge in [-0.25, -0.2) is 10.1 Å². The first-order valence-corrected chi connectivity index (χ1v) is 6.76. The van der Waals surface area contributed by atoms with Gasteiger partial charge in [0.2, 0.25) is 6.29 Å². The summed E-state index contributed by atoms with van der Waals surface area (Å²) >= 11 is 0. The number of ether oxygens (including phenoxy) is 1. The fourth-order valence-electron chi connectivity index (χ4n) is 2.71. The van der Waals surface area contributed by atoms with E-state index in [9.17, 15) is 0 Å². The van der Waals surface area contributed by atoms with Gasteiger partial charge < -0.3 is 4.74 Å². The van der Waals surface area contributed by atoms with Crippen molar-refractivity contribution in [1.82, 2.24) is 0 Å². The Morgan fingerprint density at radius 3 is 2.56 bits per heavy atom. The molecule has 1 N–H and O–H groups in total. The molecule has 0 aromatic rings. The van der Waals surface area contributed by atoms with E-state index >= 15 is 0 Å². The van der Waals surface area contributed by atoms with Gasteiger partial charge in [0.1, 0.15) is 0 Å². The van der Waals surface area contributed by atoms with Crippen molar-refractivity contribution in [1.29, 1.82) is 0 Å². The third-order valence-electron chi connectivity index (χ3n) is 3.92. The molecule has 0 bridgehead atoms. The molecule has 3 nitrogen and oxygen atoms in total. The molecule has 18 heavy (non-hydrogen) atoms. The average molecular weight is 254 g/mol. The maximum atomic E-state index is 8.92. The Hall–Kier alpha value is -0.640. The van der Waals surface area contributed by atoms with Crippen LogP contribution in [0.4, 0.5) is 0 Å². The van der Waals surface area contributed by atoms with E-state index in [4.69, 9.17) is 9.99 Å². The molecule has 4 atom stereocenters. The Morgan fingerprint density at radius 2 is 2.06 bits per heavy atom. The lowest BCUT2D eigenvalue weighted by Crippen LogP contribution is -2.37. The molecule has 104 valence electrons. The van der Waals surface area contributed by atoms with Gasteiger partial charge in [-0.3, -0.25) is 0 Å². The predicted molar refractivity (Wildman–Crippen MR) is 73.1 cm³/mol. The Kier molecular flexibility index (Phi) is 6.06. The highest BCUT2D eigenvalue weighted by molar-refractivity contribution is 5.14. The number of rotatable bonds is 6. The van der Waals surface area contributed by atoms with E-state index in [2.05, 4.69) is 38.8 Å². The monoisotopic (exact) mass is 254 g/mol. The average Bonchev–Trinajstić information content (AvgIpc) is 2.34. The largest absolute Gasteiger partial charge is 0.342 e. The zero-order valence-corrected chi connectivity index (χ0v) is 11.8. The van der Waals surface area contributed by atoms with Crippen LogP contribution in [0, 0.1) is 17.8 Å². The van der Waals surface area contributed by atoms with Gasteiger partial charge in [-0.2, -0.15) is 0 Å². The van der Waals surface area contributed by atoms with Crippen LogP contribution in [0.25, 0.3) is 0 Å². The third-order valence-corrected chi connectivity index (χ3v) is 3.92. The molecule has 1 aliphatic rings. The molecule has 3 heteroatoms. The van der Waals surface area contributed by atoms with Crippen LogP contribution >= 0.6 is 0 Å². The van der Waals surface area contributed by atoms with E-state index in [0.29, 0.717) is 23.3 Å². The highest BCUT2D eigenvalue weighted by Crippen LogP contribution is 2.36. The van der Waals surface area contributed by atoms with Gasteiger partial charge in [0.05, 0.1) is 6.10 Å². The highest BCUT2D eigenvalue weighted by atomic mass is 17.1. The van der Waals surface area contributed by atoms with Crippen molar-refractivity contribution in [3.8, 4) is 0 Å². The van der Waals surface area contributed by atoms with E-state index < -0.39 is 6.29 Å². The molecule has 0 radical (unpaired) electrons. The molecule has 0 aliphatic heterocycles. The van der Waals surface area contributed by atoms with Crippen LogP contribution in [0.3, 0.4) is 0 Å². The van der Waals surface area contributed by atoms with Gasteiger partial charge in [0, 0.05) is 5.57 Å². The lowest BCUT2D eigenvalue weighted by atomic mass is 9.75. The maximum absolute atomic E-state index is 8.92. The first kappa shape index (κ1) is 15.4. The van der Waals surface area contributed by atoms with Crippen molar-refractivity contribution in [3.05, 3.63) is 24.8 Å². The summed E-state index contributed by atoms with van der Waals surface area (Å²) in [5, 5.41) is 8.92. The van der Waals surface area contributed by atoms with Crippen LogP contribution in [0.2, 0.25) is 0 Å². The molecule has 1 saturated carbocycles. The van der Waals surface area contributed by atoms with Crippen LogP contribution in [0.5, 0.6) is 0 Å². The molecule has 0 spiro atoms. The minimum atomic E-state index is -0.793. The smallest absolute Gasteiger partial charge is 0.216 e. The quantitative estimate of drug-likeness (QED) is 0.337. The summed E-state index contributed by atoms with van der Waals surface area (Å²) in [6, 6.07) is 0. The standard InChI is InChI=1S/C15H26O3/c1-6-12(5)15(18-16)17-14-9-11(4)7-8-13(14)10(2)3/h6,10-11,13-16H,1,5,7-9H2,2-4H3/t11-,13+,14-,15?/m1/s1. The molecule has 1 rings (SSSR count). The minimum Gasteiger partial charge on any atom is -0.342 e. The SMILES string of the molecule is C=CC(=C)C(OO)O[C@@H]1C[C@H](C)CC[C@H]1C(C)C. The second-order valence-electron chi connectivity index (χ2n) is 5.72. The van der Waals surface area contributed by atoms with Gasteiger partial charge in [0.15, 0.2) is 0 Å². The summed E-state index contributed by atoms with van der Waals surface area (Å²) in [7, 11) is 0. The molecule has 1 aliphatic carbocycles. The first-order valence-electron chi connectivity index (χ1n) is 6.76. The molecule has 0 aromatic carbocycles. The van der Waals surface area contributed by atoms with Crippen LogP contribution in [-0.4, -0.2) is 17.7 Å². The van der Waals surface area contributed by atoms with E-state index in [0.717, 1.165) is 6.42 Å². The van der Waals surface area contributed by atoms with Crippen molar-refractivity contribution in [2.24, 2.45) is 17.8 Å². The van der Waals surface area contributed by atoms with E-state index in [1.165, 1.54) is 12.8 Å². The summed E-state index contributed by atoms with van der Waals surface area (Å²) in [5.74, 6) is 1.73. The van der Waals surface area contributed by atoms with Crippen molar-refractivity contribution in [2.45, 2.75) is 52.4 Å². The topological polar surface area (TPSA) is 38.7 Å². The molecule has 0 saturated heterocycles. The molecule has 0 aromatic heterocycles. The predicted octanol–water partition coefficient (Wildman–Crippen LogP) is 4.02. The van der Waals surface area contributed by atoms with E-state index in [-0.39, 0.29) is 6.10 Å². The first-order chi connectivity index (χ1) is 8.49.